The molecule has 6 heteroatoms. The number of amides is 1. The standard InChI is InChI=1S/C15H18N4OS/c1-10-17-18-15(19(10)2)21-13(11-6-4-3-5-7-11)14(20)16-12-8-9-12/h3-7,12-13H,8-9H2,1-2H3,(H,16,20)/t13-/m1/s1. The molecule has 1 amide bonds. The van der Waals surface area contributed by atoms with Crippen molar-refractivity contribution in [2.45, 2.75) is 36.2 Å². The lowest BCUT2D eigenvalue weighted by molar-refractivity contribution is -0.120. The van der Waals surface area contributed by atoms with Crippen LogP contribution in [0.5, 0.6) is 0 Å². The second kappa shape index (κ2) is 5.89. The fourth-order valence-corrected chi connectivity index (χ4v) is 3.06. The first-order valence-electron chi connectivity index (χ1n) is 7.03. The van der Waals surface area contributed by atoms with Crippen molar-refractivity contribution < 1.29 is 4.79 Å². The first-order chi connectivity index (χ1) is 10.1. The molecule has 1 N–H and O–H groups in total. The zero-order chi connectivity index (χ0) is 14.8. The maximum Gasteiger partial charge on any atom is 0.238 e. The molecule has 0 radical (unpaired) electrons. The molecule has 1 aromatic heterocycles. The van der Waals surface area contributed by atoms with Crippen molar-refractivity contribution in [2.75, 3.05) is 0 Å². The molecular weight excluding hydrogens is 284 g/mol. The summed E-state index contributed by atoms with van der Waals surface area (Å²) in [5.74, 6) is 0.890. The smallest absolute Gasteiger partial charge is 0.238 e. The van der Waals surface area contributed by atoms with Gasteiger partial charge in [-0.15, -0.1) is 10.2 Å². The van der Waals surface area contributed by atoms with Gasteiger partial charge in [0.2, 0.25) is 5.91 Å². The lowest BCUT2D eigenvalue weighted by Crippen LogP contribution is -2.29. The predicted octanol–water partition coefficient (Wildman–Crippen LogP) is 2.24. The molecule has 110 valence electrons. The molecule has 5 nitrogen and oxygen atoms in total. The van der Waals surface area contributed by atoms with E-state index in [1.165, 1.54) is 11.8 Å². The summed E-state index contributed by atoms with van der Waals surface area (Å²) >= 11 is 1.44. The van der Waals surface area contributed by atoms with Gasteiger partial charge in [-0.1, -0.05) is 42.1 Å². The normalized spacial score (nSPS) is 15.7. The molecule has 2 aromatic rings. The lowest BCUT2D eigenvalue weighted by atomic mass is 10.1. The Hall–Kier alpha value is -1.82. The van der Waals surface area contributed by atoms with Gasteiger partial charge in [0.15, 0.2) is 5.16 Å². The van der Waals surface area contributed by atoms with Gasteiger partial charge >= 0.3 is 0 Å². The van der Waals surface area contributed by atoms with E-state index in [1.54, 1.807) is 0 Å². The van der Waals surface area contributed by atoms with Gasteiger partial charge < -0.3 is 9.88 Å². The van der Waals surface area contributed by atoms with Crippen molar-refractivity contribution in [1.82, 2.24) is 20.1 Å². The number of aromatic nitrogens is 3. The third kappa shape index (κ3) is 3.26. The summed E-state index contributed by atoms with van der Waals surface area (Å²) in [5, 5.41) is 11.8. The summed E-state index contributed by atoms with van der Waals surface area (Å²) in [7, 11) is 1.92. The van der Waals surface area contributed by atoms with Crippen LogP contribution in [0, 0.1) is 6.92 Å². The fraction of sp³-hybridized carbons (Fsp3) is 0.400. The molecule has 1 aliphatic rings. The highest BCUT2D eigenvalue weighted by Crippen LogP contribution is 2.35. The van der Waals surface area contributed by atoms with E-state index in [0.717, 1.165) is 29.4 Å². The zero-order valence-electron chi connectivity index (χ0n) is 12.1. The van der Waals surface area contributed by atoms with Crippen molar-refractivity contribution in [1.29, 1.82) is 0 Å². The molecule has 1 aliphatic carbocycles. The molecule has 1 saturated carbocycles. The number of thioether (sulfide) groups is 1. The van der Waals surface area contributed by atoms with Crippen LogP contribution < -0.4 is 5.32 Å². The fourth-order valence-electron chi connectivity index (χ4n) is 2.00. The number of aryl methyl sites for hydroxylation is 1. The molecule has 1 fully saturated rings. The summed E-state index contributed by atoms with van der Waals surface area (Å²) in [6, 6.07) is 10.2. The average molecular weight is 302 g/mol. The summed E-state index contributed by atoms with van der Waals surface area (Å²) in [6.07, 6.45) is 2.17. The van der Waals surface area contributed by atoms with Crippen molar-refractivity contribution in [3.63, 3.8) is 0 Å². The molecule has 0 saturated heterocycles. The van der Waals surface area contributed by atoms with Gasteiger partial charge in [-0.3, -0.25) is 4.79 Å². The lowest BCUT2D eigenvalue weighted by Gasteiger charge is -2.16. The topological polar surface area (TPSA) is 59.8 Å². The van der Waals surface area contributed by atoms with E-state index in [4.69, 9.17) is 0 Å². The van der Waals surface area contributed by atoms with Crippen molar-refractivity contribution in [2.24, 2.45) is 7.05 Å². The Bertz CT molecular complexity index is 636. The second-order valence-electron chi connectivity index (χ2n) is 5.28. The predicted molar refractivity (Wildman–Crippen MR) is 81.9 cm³/mol. The number of rotatable bonds is 5. The molecule has 0 unspecified atom stereocenters. The Labute approximate surface area is 128 Å². The van der Waals surface area contributed by atoms with E-state index in [9.17, 15) is 4.79 Å². The van der Waals surface area contributed by atoms with Gasteiger partial charge in [0, 0.05) is 13.1 Å². The highest BCUT2D eigenvalue weighted by molar-refractivity contribution is 8.00. The Morgan fingerprint density at radius 3 is 2.62 bits per heavy atom. The van der Waals surface area contributed by atoms with Crippen LogP contribution in [0.2, 0.25) is 0 Å². The van der Waals surface area contributed by atoms with Gasteiger partial charge in [-0.2, -0.15) is 0 Å². The van der Waals surface area contributed by atoms with Crippen LogP contribution in [0.25, 0.3) is 0 Å². The first kappa shape index (κ1) is 14.1. The molecule has 1 aromatic carbocycles. The Balaban J connectivity index is 1.84. The molecular formula is C15H18N4OS. The van der Waals surface area contributed by atoms with Gasteiger partial charge in [0.05, 0.1) is 0 Å². The van der Waals surface area contributed by atoms with Crippen LogP contribution in [0.15, 0.2) is 35.5 Å². The summed E-state index contributed by atoms with van der Waals surface area (Å²) < 4.78 is 1.91. The van der Waals surface area contributed by atoms with Crippen LogP contribution in [0.1, 0.15) is 29.5 Å². The van der Waals surface area contributed by atoms with Crippen molar-refractivity contribution >= 4 is 17.7 Å². The molecule has 21 heavy (non-hydrogen) atoms. The highest BCUT2D eigenvalue weighted by atomic mass is 32.2. The number of nitrogens with zero attached hydrogens (tertiary/aromatic N) is 3. The van der Waals surface area contributed by atoms with Crippen LogP contribution >= 0.6 is 11.8 Å². The quantitative estimate of drug-likeness (QED) is 0.861. The summed E-state index contributed by atoms with van der Waals surface area (Å²) in [4.78, 5) is 12.5. The third-order valence-electron chi connectivity index (χ3n) is 3.54. The zero-order valence-corrected chi connectivity index (χ0v) is 12.9. The largest absolute Gasteiger partial charge is 0.352 e. The molecule has 1 heterocycles. The summed E-state index contributed by atoms with van der Waals surface area (Å²) in [5.41, 5.74) is 0.987. The molecule has 0 bridgehead atoms. The van der Waals surface area contributed by atoms with E-state index < -0.39 is 0 Å². The minimum Gasteiger partial charge on any atom is -0.352 e. The third-order valence-corrected chi connectivity index (χ3v) is 4.83. The Morgan fingerprint density at radius 1 is 1.33 bits per heavy atom. The van der Waals surface area contributed by atoms with E-state index >= 15 is 0 Å². The van der Waals surface area contributed by atoms with Crippen LogP contribution in [0.3, 0.4) is 0 Å². The van der Waals surface area contributed by atoms with Gasteiger partial charge in [0.25, 0.3) is 0 Å². The molecule has 1 atom stereocenters. The molecule has 0 spiro atoms. The molecule has 3 rings (SSSR count). The van der Waals surface area contributed by atoms with Crippen molar-refractivity contribution in [3.8, 4) is 0 Å². The summed E-state index contributed by atoms with van der Waals surface area (Å²) in [6.45, 7) is 1.90. The molecule has 0 aliphatic heterocycles. The number of hydrogen-bond acceptors (Lipinski definition) is 4. The number of benzene rings is 1. The number of hydrogen-bond donors (Lipinski definition) is 1. The van der Waals surface area contributed by atoms with Crippen LogP contribution in [-0.4, -0.2) is 26.7 Å². The Kier molecular flexibility index (Phi) is 3.96. The maximum atomic E-state index is 12.5. The van der Waals surface area contributed by atoms with Crippen LogP contribution in [0.4, 0.5) is 0 Å². The van der Waals surface area contributed by atoms with E-state index in [1.807, 2.05) is 48.9 Å². The maximum absolute atomic E-state index is 12.5. The average Bonchev–Trinajstić information content (AvgIpc) is 3.25. The minimum atomic E-state index is -0.297. The minimum absolute atomic E-state index is 0.0503. The number of carbonyl (C=O) groups is 1. The van der Waals surface area contributed by atoms with E-state index in [2.05, 4.69) is 15.5 Å². The second-order valence-corrected chi connectivity index (χ2v) is 6.35. The highest BCUT2D eigenvalue weighted by Gasteiger charge is 2.30. The monoisotopic (exact) mass is 302 g/mol. The van der Waals surface area contributed by atoms with E-state index in [0.29, 0.717) is 6.04 Å². The van der Waals surface area contributed by atoms with Gasteiger partial charge in [-0.05, 0) is 25.3 Å². The SMILES string of the molecule is Cc1nnc(S[C@@H](C(=O)NC2CC2)c2ccccc2)n1C. The van der Waals surface area contributed by atoms with Gasteiger partial charge in [-0.25, -0.2) is 0 Å². The van der Waals surface area contributed by atoms with Crippen molar-refractivity contribution in [3.05, 3.63) is 41.7 Å². The van der Waals surface area contributed by atoms with Gasteiger partial charge in [0.1, 0.15) is 11.1 Å². The van der Waals surface area contributed by atoms with Crippen LogP contribution in [-0.2, 0) is 11.8 Å². The Morgan fingerprint density at radius 2 is 2.05 bits per heavy atom. The first-order valence-corrected chi connectivity index (χ1v) is 7.91. The number of nitrogens with one attached hydrogen (secondary N) is 1. The number of carbonyl (C=O) groups excluding carboxylic acids is 1. The van der Waals surface area contributed by atoms with E-state index in [-0.39, 0.29) is 11.2 Å².